The second kappa shape index (κ2) is 3.09. The lowest BCUT2D eigenvalue weighted by atomic mass is 10.1. The molecule has 1 amide bonds. The number of carbonyl (C=O) groups is 1. The number of pyridine rings is 1. The molecule has 2 heterocycles. The summed E-state index contributed by atoms with van der Waals surface area (Å²) >= 11 is 5.84. The van der Waals surface area contributed by atoms with Crippen LogP contribution in [0.1, 0.15) is 15.9 Å². The number of benzene rings is 1. The average Bonchev–Trinajstić information content (AvgIpc) is 2.61. The van der Waals surface area contributed by atoms with Gasteiger partial charge in [0.2, 0.25) is 0 Å². The number of H-pyrrole nitrogens is 1. The highest BCUT2D eigenvalue weighted by Gasteiger charge is 2.24. The van der Waals surface area contributed by atoms with Gasteiger partial charge >= 0.3 is 0 Å². The smallest absolute Gasteiger partial charge is 0.254 e. The fourth-order valence-corrected chi connectivity index (χ4v) is 2.17. The summed E-state index contributed by atoms with van der Waals surface area (Å²) in [5.74, 6) is -0.201. The van der Waals surface area contributed by atoms with Gasteiger partial charge in [0.1, 0.15) is 0 Å². The van der Waals surface area contributed by atoms with Crippen LogP contribution in [-0.4, -0.2) is 10.9 Å². The molecule has 0 radical (unpaired) electrons. The maximum Gasteiger partial charge on any atom is 0.254 e. The van der Waals surface area contributed by atoms with E-state index in [0.717, 1.165) is 5.39 Å². The molecular weight excluding hydrogens is 228 g/mol. The second-order valence-corrected chi connectivity index (χ2v) is 4.12. The fourth-order valence-electron chi connectivity index (χ4n) is 2.00. The van der Waals surface area contributed by atoms with Gasteiger partial charge in [-0.1, -0.05) is 17.7 Å². The van der Waals surface area contributed by atoms with Crippen molar-refractivity contribution in [2.24, 2.45) is 0 Å². The van der Waals surface area contributed by atoms with E-state index in [0.29, 0.717) is 28.2 Å². The SMILES string of the molecule is O=C1NCc2c1c1ccc(Cl)cc1[nH]c2=O. The number of rotatable bonds is 0. The van der Waals surface area contributed by atoms with Gasteiger partial charge in [0.15, 0.2) is 0 Å². The minimum Gasteiger partial charge on any atom is -0.348 e. The Labute approximate surface area is 95.2 Å². The molecule has 0 atom stereocenters. The Bertz CT molecular complexity index is 675. The van der Waals surface area contributed by atoms with Crippen LogP contribution in [0, 0.1) is 0 Å². The van der Waals surface area contributed by atoms with Crippen molar-refractivity contribution in [3.05, 3.63) is 44.7 Å². The zero-order valence-corrected chi connectivity index (χ0v) is 8.89. The predicted molar refractivity (Wildman–Crippen MR) is 60.7 cm³/mol. The molecule has 0 fully saturated rings. The molecule has 0 spiro atoms. The highest BCUT2D eigenvalue weighted by molar-refractivity contribution is 6.31. The van der Waals surface area contributed by atoms with Crippen LogP contribution in [-0.2, 0) is 6.54 Å². The van der Waals surface area contributed by atoms with Crippen LogP contribution in [0.5, 0.6) is 0 Å². The number of amides is 1. The van der Waals surface area contributed by atoms with E-state index in [1.54, 1.807) is 18.2 Å². The lowest BCUT2D eigenvalue weighted by Crippen LogP contribution is -2.13. The first-order chi connectivity index (χ1) is 7.66. The zero-order chi connectivity index (χ0) is 11.3. The van der Waals surface area contributed by atoms with Crippen LogP contribution in [0.4, 0.5) is 0 Å². The maximum atomic E-state index is 11.7. The summed E-state index contributed by atoms with van der Waals surface area (Å²) in [6.45, 7) is 0.294. The van der Waals surface area contributed by atoms with E-state index in [9.17, 15) is 9.59 Å². The normalized spacial score (nSPS) is 13.9. The summed E-state index contributed by atoms with van der Waals surface area (Å²) in [5.41, 5.74) is 1.33. The molecule has 0 aliphatic carbocycles. The van der Waals surface area contributed by atoms with Crippen molar-refractivity contribution in [2.75, 3.05) is 0 Å². The highest BCUT2D eigenvalue weighted by Crippen LogP contribution is 2.24. The van der Waals surface area contributed by atoms with Gasteiger partial charge in [-0.05, 0) is 12.1 Å². The van der Waals surface area contributed by atoms with Crippen molar-refractivity contribution in [2.45, 2.75) is 6.54 Å². The first kappa shape index (κ1) is 9.42. The highest BCUT2D eigenvalue weighted by atomic mass is 35.5. The number of aromatic amines is 1. The Kier molecular flexibility index (Phi) is 1.82. The number of fused-ring (bicyclic) bond motifs is 3. The molecule has 0 bridgehead atoms. The maximum absolute atomic E-state index is 11.7. The van der Waals surface area contributed by atoms with E-state index in [1.807, 2.05) is 0 Å². The third-order valence-corrected chi connectivity index (χ3v) is 2.96. The van der Waals surface area contributed by atoms with E-state index in [4.69, 9.17) is 11.6 Å². The molecule has 16 heavy (non-hydrogen) atoms. The van der Waals surface area contributed by atoms with Crippen LogP contribution < -0.4 is 10.9 Å². The lowest BCUT2D eigenvalue weighted by molar-refractivity contribution is 0.0967. The van der Waals surface area contributed by atoms with Crippen molar-refractivity contribution in [1.82, 2.24) is 10.3 Å². The van der Waals surface area contributed by atoms with Crippen LogP contribution in [0.25, 0.3) is 10.9 Å². The van der Waals surface area contributed by atoms with Crippen molar-refractivity contribution in [3.63, 3.8) is 0 Å². The van der Waals surface area contributed by atoms with E-state index >= 15 is 0 Å². The van der Waals surface area contributed by atoms with Gasteiger partial charge in [0, 0.05) is 22.5 Å². The van der Waals surface area contributed by atoms with Crippen molar-refractivity contribution in [3.8, 4) is 0 Å². The number of carbonyl (C=O) groups excluding carboxylic acids is 1. The van der Waals surface area contributed by atoms with Crippen molar-refractivity contribution in [1.29, 1.82) is 0 Å². The predicted octanol–water partition coefficient (Wildman–Crippen LogP) is 1.42. The standard InChI is InChI=1S/C11H7ClN2O2/c12-5-1-2-6-8(3-5)14-10(15)7-4-13-11(16)9(6)7/h1-3H,4H2,(H,13,16)(H,14,15). The van der Waals surface area contributed by atoms with E-state index < -0.39 is 0 Å². The summed E-state index contributed by atoms with van der Waals surface area (Å²) in [6, 6.07) is 5.09. The average molecular weight is 235 g/mol. The van der Waals surface area contributed by atoms with Crippen LogP contribution >= 0.6 is 11.6 Å². The van der Waals surface area contributed by atoms with E-state index in [1.165, 1.54) is 0 Å². The fraction of sp³-hybridized carbons (Fsp3) is 0.0909. The van der Waals surface area contributed by atoms with Gasteiger partial charge < -0.3 is 10.3 Å². The van der Waals surface area contributed by atoms with E-state index in [2.05, 4.69) is 10.3 Å². The summed E-state index contributed by atoms with van der Waals surface area (Å²) in [5, 5.41) is 3.90. The monoisotopic (exact) mass is 234 g/mol. The Morgan fingerprint density at radius 1 is 1.25 bits per heavy atom. The zero-order valence-electron chi connectivity index (χ0n) is 8.13. The van der Waals surface area contributed by atoms with Gasteiger partial charge in [-0.25, -0.2) is 0 Å². The van der Waals surface area contributed by atoms with Gasteiger partial charge in [-0.2, -0.15) is 0 Å². The molecule has 1 aliphatic heterocycles. The summed E-state index contributed by atoms with van der Waals surface area (Å²) < 4.78 is 0. The molecular formula is C11H7ClN2O2. The third-order valence-electron chi connectivity index (χ3n) is 2.73. The molecule has 1 aliphatic rings. The van der Waals surface area contributed by atoms with Crippen LogP contribution in [0.3, 0.4) is 0 Å². The number of halogens is 1. The number of nitrogens with one attached hydrogen (secondary N) is 2. The Morgan fingerprint density at radius 3 is 2.88 bits per heavy atom. The third kappa shape index (κ3) is 1.17. The van der Waals surface area contributed by atoms with Crippen molar-refractivity contribution < 1.29 is 4.79 Å². The minimum absolute atomic E-state index is 0.201. The van der Waals surface area contributed by atoms with Crippen LogP contribution in [0.2, 0.25) is 5.02 Å². The van der Waals surface area contributed by atoms with Gasteiger partial charge in [0.25, 0.3) is 11.5 Å². The second-order valence-electron chi connectivity index (χ2n) is 3.68. The molecule has 1 aromatic carbocycles. The first-order valence-electron chi connectivity index (χ1n) is 4.79. The molecule has 4 nitrogen and oxygen atoms in total. The molecule has 0 saturated heterocycles. The summed E-state index contributed by atoms with van der Waals surface area (Å²) in [6.07, 6.45) is 0. The summed E-state index contributed by atoms with van der Waals surface area (Å²) in [7, 11) is 0. The van der Waals surface area contributed by atoms with Crippen LogP contribution in [0.15, 0.2) is 23.0 Å². The lowest BCUT2D eigenvalue weighted by Gasteiger charge is -2.02. The molecule has 1 aromatic heterocycles. The Hall–Kier alpha value is -1.81. The van der Waals surface area contributed by atoms with Gasteiger partial charge in [0.05, 0.1) is 11.1 Å². The molecule has 80 valence electrons. The quantitative estimate of drug-likeness (QED) is 0.724. The molecule has 2 N–H and O–H groups in total. The number of aromatic nitrogens is 1. The molecule has 3 rings (SSSR count). The van der Waals surface area contributed by atoms with Gasteiger partial charge in [-0.15, -0.1) is 0 Å². The largest absolute Gasteiger partial charge is 0.348 e. The number of hydrogen-bond acceptors (Lipinski definition) is 2. The molecule has 0 saturated carbocycles. The molecule has 5 heteroatoms. The first-order valence-corrected chi connectivity index (χ1v) is 5.17. The topological polar surface area (TPSA) is 62.0 Å². The Balaban J connectivity index is 2.52. The molecule has 2 aromatic rings. The number of hydrogen-bond donors (Lipinski definition) is 2. The minimum atomic E-state index is -0.233. The van der Waals surface area contributed by atoms with E-state index in [-0.39, 0.29) is 11.5 Å². The molecule has 0 unspecified atom stereocenters. The van der Waals surface area contributed by atoms with Gasteiger partial charge in [-0.3, -0.25) is 9.59 Å². The summed E-state index contributed by atoms with van der Waals surface area (Å²) in [4.78, 5) is 26.0. The van der Waals surface area contributed by atoms with Crippen molar-refractivity contribution >= 4 is 28.4 Å². The Morgan fingerprint density at radius 2 is 2.06 bits per heavy atom.